The molecule has 0 aliphatic heterocycles. The Kier molecular flexibility index (Phi) is 9.42. The molecule has 5 rings (SSSR count). The van der Waals surface area contributed by atoms with Crippen LogP contribution < -0.4 is 5.32 Å². The van der Waals surface area contributed by atoms with Crippen LogP contribution in [0, 0.1) is 11.3 Å². The van der Waals surface area contributed by atoms with Crippen LogP contribution in [-0.4, -0.2) is 25.3 Å². The summed E-state index contributed by atoms with van der Waals surface area (Å²) < 4.78 is 5.67. The molecular weight excluding hydrogens is 429 g/mol. The number of rotatable bonds is 10. The summed E-state index contributed by atoms with van der Waals surface area (Å²) in [6.07, 6.45) is 31.3. The van der Waals surface area contributed by atoms with Gasteiger partial charge >= 0.3 is 0 Å². The molecule has 3 nitrogen and oxygen atoms in total. The molecule has 0 aromatic carbocycles. The summed E-state index contributed by atoms with van der Waals surface area (Å²) in [4.78, 5) is 12.5. The quantitative estimate of drug-likeness (QED) is 0.200. The lowest BCUT2D eigenvalue weighted by Gasteiger charge is -2.73. The summed E-state index contributed by atoms with van der Waals surface area (Å²) in [5.41, 5.74) is 0.587. The summed E-state index contributed by atoms with van der Waals surface area (Å²) in [6.45, 7) is 7.44. The molecule has 0 heterocycles. The van der Waals surface area contributed by atoms with E-state index in [0.717, 1.165) is 17.6 Å². The largest absolute Gasteiger partial charge is 0.484 e. The van der Waals surface area contributed by atoms with Gasteiger partial charge in [0.25, 0.3) is 5.91 Å². The van der Waals surface area contributed by atoms with E-state index in [1.165, 1.54) is 110 Å². The van der Waals surface area contributed by atoms with Crippen LogP contribution in [-0.2, 0) is 9.53 Å². The Labute approximate surface area is 215 Å². The third kappa shape index (κ3) is 6.95. The fourth-order valence-corrected chi connectivity index (χ4v) is 8.03. The van der Waals surface area contributed by atoms with Crippen LogP contribution >= 0.6 is 0 Å². The van der Waals surface area contributed by atoms with Crippen molar-refractivity contribution in [2.45, 2.75) is 120 Å². The van der Waals surface area contributed by atoms with Gasteiger partial charge in [-0.15, -0.1) is 0 Å². The van der Waals surface area contributed by atoms with Gasteiger partial charge in [0, 0.05) is 5.54 Å². The molecule has 5 fully saturated rings. The van der Waals surface area contributed by atoms with Crippen LogP contribution in [0.25, 0.3) is 0 Å². The zero-order chi connectivity index (χ0) is 24.6. The van der Waals surface area contributed by atoms with Crippen LogP contribution in [0.15, 0.2) is 49.3 Å². The Balaban J connectivity index is 1.16. The molecule has 0 aromatic heterocycles. The molecule has 0 spiro atoms. The van der Waals surface area contributed by atoms with E-state index in [2.05, 4.69) is 18.5 Å². The Morgan fingerprint density at radius 3 is 2.06 bits per heavy atom. The van der Waals surface area contributed by atoms with E-state index in [1.807, 2.05) is 0 Å². The van der Waals surface area contributed by atoms with E-state index in [0.29, 0.717) is 11.2 Å². The van der Waals surface area contributed by atoms with E-state index >= 15 is 0 Å². The van der Waals surface area contributed by atoms with E-state index < -0.39 is 0 Å². The van der Waals surface area contributed by atoms with Crippen LogP contribution in [0.1, 0.15) is 103 Å². The number of nitrogens with one attached hydrogen (secondary N) is 1. The Morgan fingerprint density at radius 1 is 0.857 bits per heavy atom. The van der Waals surface area contributed by atoms with Crippen LogP contribution in [0.4, 0.5) is 0 Å². The van der Waals surface area contributed by atoms with Gasteiger partial charge in [0.05, 0.1) is 0 Å². The molecule has 192 valence electrons. The highest BCUT2D eigenvalue weighted by Gasteiger charge is 2.70. The lowest BCUT2D eigenvalue weighted by molar-refractivity contribution is -0.198. The maximum atomic E-state index is 12.5. The SMILES string of the molecule is C=C/C=C\C(=C/C=C)OCC(=O)NC12CC(C3CCCC(BC4CCCCCCC4)CCC3)(C1)C2. The average molecular weight is 478 g/mol. The smallest absolute Gasteiger partial charge is 0.258 e. The second kappa shape index (κ2) is 12.5. The van der Waals surface area contributed by atoms with Crippen molar-refractivity contribution < 1.29 is 9.53 Å². The molecule has 0 radical (unpaired) electrons. The molecule has 0 unspecified atom stereocenters. The number of amides is 1. The third-order valence-corrected chi connectivity index (χ3v) is 9.61. The molecule has 1 N–H and O–H groups in total. The Hall–Kier alpha value is -1.71. The normalized spacial score (nSPS) is 34.2. The zero-order valence-corrected chi connectivity index (χ0v) is 22.1. The number of hydrogen-bond donors (Lipinski definition) is 1. The first-order chi connectivity index (χ1) is 17.1. The number of carbonyl (C=O) groups is 1. The van der Waals surface area contributed by atoms with Crippen molar-refractivity contribution in [3.05, 3.63) is 49.3 Å². The predicted octanol–water partition coefficient (Wildman–Crippen LogP) is 7.58. The van der Waals surface area contributed by atoms with E-state index in [9.17, 15) is 4.79 Å². The monoisotopic (exact) mass is 477 g/mol. The van der Waals surface area contributed by atoms with E-state index in [1.54, 1.807) is 30.4 Å². The zero-order valence-electron chi connectivity index (χ0n) is 22.1. The number of carbonyl (C=O) groups excluding carboxylic acids is 1. The highest BCUT2D eigenvalue weighted by atomic mass is 16.5. The topological polar surface area (TPSA) is 38.3 Å². The van der Waals surface area contributed by atoms with Crippen molar-refractivity contribution in [2.24, 2.45) is 11.3 Å². The molecule has 0 atom stereocenters. The lowest BCUT2D eigenvalue weighted by atomic mass is 9.34. The van der Waals surface area contributed by atoms with Crippen molar-refractivity contribution in [3.8, 4) is 0 Å². The molecule has 0 saturated heterocycles. The molecule has 1 amide bonds. The van der Waals surface area contributed by atoms with Crippen molar-refractivity contribution >= 4 is 13.2 Å². The maximum Gasteiger partial charge on any atom is 0.258 e. The molecule has 5 saturated carbocycles. The van der Waals surface area contributed by atoms with Crippen molar-refractivity contribution in [1.82, 2.24) is 5.32 Å². The molecule has 0 aromatic rings. The van der Waals surface area contributed by atoms with Gasteiger partial charge in [-0.05, 0) is 55.6 Å². The molecular formula is C31H48BNO2. The number of hydrogen-bond acceptors (Lipinski definition) is 2. The third-order valence-electron chi connectivity index (χ3n) is 9.61. The average Bonchev–Trinajstić information content (AvgIpc) is 2.75. The summed E-state index contributed by atoms with van der Waals surface area (Å²) in [6, 6.07) is 0. The first kappa shape index (κ1) is 26.4. The number of allylic oxidation sites excluding steroid dienone is 5. The van der Waals surface area contributed by atoms with Gasteiger partial charge in [-0.2, -0.15) is 0 Å². The van der Waals surface area contributed by atoms with Crippen LogP contribution in [0.3, 0.4) is 0 Å². The minimum absolute atomic E-state index is 0.00464. The van der Waals surface area contributed by atoms with Gasteiger partial charge in [-0.3, -0.25) is 4.79 Å². The molecule has 5 aliphatic carbocycles. The van der Waals surface area contributed by atoms with Gasteiger partial charge in [-0.1, -0.05) is 114 Å². The van der Waals surface area contributed by atoms with Crippen molar-refractivity contribution in [1.29, 1.82) is 0 Å². The van der Waals surface area contributed by atoms with Gasteiger partial charge in [0.15, 0.2) is 6.61 Å². The summed E-state index contributed by atoms with van der Waals surface area (Å²) >= 11 is 0. The molecule has 5 aliphatic rings. The maximum absolute atomic E-state index is 12.5. The van der Waals surface area contributed by atoms with Crippen LogP contribution in [0.5, 0.6) is 0 Å². The standard InChI is InChI=1S/C31H48BNO2/c1-3-5-20-28(13-4-2)35-21-29(34)33-31-22-30(23-31,24-31)25-14-11-18-27(19-12-15-25)32-26-16-9-7-6-8-10-17-26/h3-5,13,20,25-27,32H,1-2,6-12,14-19,21-24H2,(H,33,34)/b20-5-,28-13+. The Morgan fingerprint density at radius 2 is 1.46 bits per heavy atom. The first-order valence-electron chi connectivity index (χ1n) is 14.6. The van der Waals surface area contributed by atoms with Crippen molar-refractivity contribution in [2.75, 3.05) is 6.61 Å². The highest BCUT2D eigenvalue weighted by Crippen LogP contribution is 2.72. The summed E-state index contributed by atoms with van der Waals surface area (Å²) in [7, 11) is 1.51. The molecule has 35 heavy (non-hydrogen) atoms. The Bertz CT molecular complexity index is 762. The van der Waals surface area contributed by atoms with Gasteiger partial charge in [0.2, 0.25) is 0 Å². The van der Waals surface area contributed by atoms with Gasteiger partial charge in [0.1, 0.15) is 13.0 Å². The second-order valence-corrected chi connectivity index (χ2v) is 12.3. The summed E-state index contributed by atoms with van der Waals surface area (Å²) in [5.74, 6) is 3.51. The fraction of sp³-hybridized carbons (Fsp3) is 0.710. The highest BCUT2D eigenvalue weighted by molar-refractivity contribution is 6.39. The minimum atomic E-state index is -0.00464. The first-order valence-corrected chi connectivity index (χ1v) is 14.6. The van der Waals surface area contributed by atoms with E-state index in [4.69, 9.17) is 4.74 Å². The van der Waals surface area contributed by atoms with Gasteiger partial charge < -0.3 is 10.1 Å². The second-order valence-electron chi connectivity index (χ2n) is 12.3. The minimum Gasteiger partial charge on any atom is -0.484 e. The lowest BCUT2D eigenvalue weighted by Crippen LogP contribution is -2.76. The predicted molar refractivity (Wildman–Crippen MR) is 149 cm³/mol. The fourth-order valence-electron chi connectivity index (χ4n) is 8.03. The van der Waals surface area contributed by atoms with Gasteiger partial charge in [-0.25, -0.2) is 0 Å². The van der Waals surface area contributed by atoms with E-state index in [-0.39, 0.29) is 18.1 Å². The van der Waals surface area contributed by atoms with Crippen LogP contribution in [0.2, 0.25) is 11.6 Å². The summed E-state index contributed by atoms with van der Waals surface area (Å²) in [5, 5.41) is 3.30. The molecule has 2 bridgehead atoms. The molecule has 4 heteroatoms. The number of ether oxygens (including phenoxy) is 1. The van der Waals surface area contributed by atoms with Crippen molar-refractivity contribution in [3.63, 3.8) is 0 Å².